The fourth-order valence-corrected chi connectivity index (χ4v) is 5.43. The van der Waals surface area contributed by atoms with Gasteiger partial charge in [-0.15, -0.1) is 0 Å². The van der Waals surface area contributed by atoms with E-state index < -0.39 is 34.3 Å². The number of rotatable bonds is 12. The number of amides is 2. The maximum atomic E-state index is 13.9. The molecule has 0 saturated carbocycles. The Labute approximate surface area is 229 Å². The van der Waals surface area contributed by atoms with Crippen molar-refractivity contribution in [2.75, 3.05) is 24.5 Å². The van der Waals surface area contributed by atoms with Crippen molar-refractivity contribution in [2.45, 2.75) is 44.7 Å². The minimum Gasteiger partial charge on any atom is -0.495 e. The third kappa shape index (κ3) is 7.35. The van der Waals surface area contributed by atoms with E-state index in [0.29, 0.717) is 18.5 Å². The second-order valence-corrected chi connectivity index (χ2v) is 11.0. The van der Waals surface area contributed by atoms with Gasteiger partial charge in [-0.3, -0.25) is 13.9 Å². The predicted octanol–water partition coefficient (Wildman–Crippen LogP) is 4.28. The maximum absolute atomic E-state index is 13.9. The van der Waals surface area contributed by atoms with Crippen LogP contribution in [0.4, 0.5) is 10.1 Å². The second-order valence-electron chi connectivity index (χ2n) is 9.12. The van der Waals surface area contributed by atoms with Gasteiger partial charge in [-0.25, -0.2) is 12.8 Å². The number of nitrogens with zero attached hydrogens (tertiary/aromatic N) is 2. The van der Waals surface area contributed by atoms with E-state index in [1.165, 1.54) is 48.4 Å². The summed E-state index contributed by atoms with van der Waals surface area (Å²) in [6.07, 6.45) is 0.709. The van der Waals surface area contributed by atoms with Gasteiger partial charge in [0.1, 0.15) is 24.2 Å². The number of benzene rings is 3. The normalized spacial score (nSPS) is 11.9. The predicted molar refractivity (Wildman–Crippen MR) is 148 cm³/mol. The lowest BCUT2D eigenvalue weighted by Crippen LogP contribution is -2.51. The molecule has 3 aromatic carbocycles. The largest absolute Gasteiger partial charge is 0.495 e. The first-order valence-electron chi connectivity index (χ1n) is 12.6. The van der Waals surface area contributed by atoms with Crippen LogP contribution in [0.1, 0.15) is 31.4 Å². The molecule has 1 N–H and O–H groups in total. The molecule has 0 spiro atoms. The smallest absolute Gasteiger partial charge is 0.264 e. The Balaban J connectivity index is 2.07. The van der Waals surface area contributed by atoms with Crippen molar-refractivity contribution in [1.82, 2.24) is 10.2 Å². The molecule has 0 bridgehead atoms. The monoisotopic (exact) mass is 555 g/mol. The first kappa shape index (κ1) is 29.6. The summed E-state index contributed by atoms with van der Waals surface area (Å²) in [6.45, 7) is 5.10. The molecule has 0 fully saturated rings. The number of carbonyl (C=O) groups is 2. The van der Waals surface area contributed by atoms with Crippen molar-refractivity contribution in [3.05, 3.63) is 89.7 Å². The van der Waals surface area contributed by atoms with Crippen molar-refractivity contribution in [3.63, 3.8) is 0 Å². The Hall–Kier alpha value is -3.92. The molecule has 39 heavy (non-hydrogen) atoms. The molecule has 0 unspecified atom stereocenters. The summed E-state index contributed by atoms with van der Waals surface area (Å²) in [5, 5.41) is 2.78. The molecule has 0 aliphatic carbocycles. The van der Waals surface area contributed by atoms with Crippen molar-refractivity contribution < 1.29 is 27.1 Å². The van der Waals surface area contributed by atoms with E-state index in [0.717, 1.165) is 9.87 Å². The number of methoxy groups -OCH3 is 1. The van der Waals surface area contributed by atoms with Crippen LogP contribution in [0.5, 0.6) is 5.75 Å². The zero-order chi connectivity index (χ0) is 28.6. The van der Waals surface area contributed by atoms with Gasteiger partial charge in [0.15, 0.2) is 0 Å². The average Bonchev–Trinajstić information content (AvgIpc) is 2.94. The molecule has 3 aromatic rings. The number of hydrogen-bond acceptors (Lipinski definition) is 5. The Morgan fingerprint density at radius 3 is 2.31 bits per heavy atom. The Kier molecular flexibility index (Phi) is 10.1. The summed E-state index contributed by atoms with van der Waals surface area (Å²) in [4.78, 5) is 28.1. The molecular formula is C29H34FN3O5S. The Morgan fingerprint density at radius 1 is 1.03 bits per heavy atom. The molecule has 0 aliphatic heterocycles. The van der Waals surface area contributed by atoms with E-state index in [1.54, 1.807) is 50.2 Å². The fourth-order valence-electron chi connectivity index (χ4n) is 3.99. The first-order chi connectivity index (χ1) is 18.6. The van der Waals surface area contributed by atoms with E-state index >= 15 is 0 Å². The highest BCUT2D eigenvalue weighted by atomic mass is 32.2. The number of halogens is 1. The minimum atomic E-state index is -4.21. The standard InChI is InChI=1S/C29H34FN3O5S/c1-5-17-31-29(35)22(3)32(19-23-12-14-24(30)15-13-23)28(34)20-33(26-18-21(2)11-16-27(26)38-4)39(36,37)25-9-7-6-8-10-25/h6-16,18,22H,5,17,19-20H2,1-4H3,(H,31,35)/t22-/m1/s1. The van der Waals surface area contributed by atoms with E-state index in [-0.39, 0.29) is 28.8 Å². The van der Waals surface area contributed by atoms with Crippen molar-refractivity contribution in [2.24, 2.45) is 0 Å². The molecule has 1 atom stereocenters. The molecule has 2 amide bonds. The van der Waals surface area contributed by atoms with Crippen molar-refractivity contribution >= 4 is 27.5 Å². The van der Waals surface area contributed by atoms with Crippen LogP contribution < -0.4 is 14.4 Å². The van der Waals surface area contributed by atoms with Gasteiger partial charge in [0.25, 0.3) is 10.0 Å². The van der Waals surface area contributed by atoms with Crippen LogP contribution in [0.25, 0.3) is 0 Å². The average molecular weight is 556 g/mol. The zero-order valence-corrected chi connectivity index (χ0v) is 23.4. The highest BCUT2D eigenvalue weighted by Gasteiger charge is 2.33. The van der Waals surface area contributed by atoms with Gasteiger partial charge < -0.3 is 15.0 Å². The van der Waals surface area contributed by atoms with Gasteiger partial charge in [0, 0.05) is 13.1 Å². The van der Waals surface area contributed by atoms with Crippen LogP contribution in [0.3, 0.4) is 0 Å². The van der Waals surface area contributed by atoms with Gasteiger partial charge in [0.2, 0.25) is 11.8 Å². The number of ether oxygens (including phenoxy) is 1. The van der Waals surface area contributed by atoms with Crippen molar-refractivity contribution in [1.29, 1.82) is 0 Å². The molecule has 3 rings (SSSR count). The van der Waals surface area contributed by atoms with Crippen LogP contribution in [-0.4, -0.2) is 51.4 Å². The summed E-state index contributed by atoms with van der Waals surface area (Å²) in [5.41, 5.74) is 1.55. The molecule has 8 nitrogen and oxygen atoms in total. The van der Waals surface area contributed by atoms with Gasteiger partial charge in [-0.2, -0.15) is 0 Å². The number of carbonyl (C=O) groups excluding carboxylic acids is 2. The molecule has 0 radical (unpaired) electrons. The molecule has 0 heterocycles. The highest BCUT2D eigenvalue weighted by molar-refractivity contribution is 7.92. The van der Waals surface area contributed by atoms with E-state index in [4.69, 9.17) is 4.74 Å². The third-order valence-electron chi connectivity index (χ3n) is 6.20. The highest BCUT2D eigenvalue weighted by Crippen LogP contribution is 2.33. The Morgan fingerprint density at radius 2 is 1.69 bits per heavy atom. The number of nitrogens with one attached hydrogen (secondary N) is 1. The van der Waals surface area contributed by atoms with Crippen LogP contribution in [0, 0.1) is 12.7 Å². The summed E-state index contributed by atoms with van der Waals surface area (Å²) >= 11 is 0. The van der Waals surface area contributed by atoms with Crippen LogP contribution in [0.15, 0.2) is 77.7 Å². The number of anilines is 1. The minimum absolute atomic E-state index is 0.000168. The second kappa shape index (κ2) is 13.2. The molecule has 0 aliphatic rings. The van der Waals surface area contributed by atoms with E-state index in [1.807, 2.05) is 6.92 Å². The molecule has 10 heteroatoms. The topological polar surface area (TPSA) is 96.0 Å². The van der Waals surface area contributed by atoms with Crippen LogP contribution in [0.2, 0.25) is 0 Å². The Bertz CT molecular complexity index is 1380. The van der Waals surface area contributed by atoms with Gasteiger partial charge in [0.05, 0.1) is 17.7 Å². The molecule has 0 aromatic heterocycles. The number of hydrogen-bond donors (Lipinski definition) is 1. The summed E-state index contributed by atoms with van der Waals surface area (Å²) in [7, 11) is -2.79. The first-order valence-corrected chi connectivity index (χ1v) is 14.1. The lowest BCUT2D eigenvalue weighted by Gasteiger charge is -2.32. The van der Waals surface area contributed by atoms with Gasteiger partial charge in [-0.1, -0.05) is 43.3 Å². The zero-order valence-electron chi connectivity index (χ0n) is 22.6. The lowest BCUT2D eigenvalue weighted by atomic mass is 10.1. The van der Waals surface area contributed by atoms with Crippen LogP contribution >= 0.6 is 0 Å². The molecular weight excluding hydrogens is 521 g/mol. The maximum Gasteiger partial charge on any atom is 0.264 e. The van der Waals surface area contributed by atoms with Crippen LogP contribution in [-0.2, 0) is 26.2 Å². The SMILES string of the molecule is CCCNC(=O)[C@@H](C)N(Cc1ccc(F)cc1)C(=O)CN(c1cc(C)ccc1OC)S(=O)(=O)c1ccccc1. The summed E-state index contributed by atoms with van der Waals surface area (Å²) in [6, 6.07) is 17.5. The quantitative estimate of drug-likeness (QED) is 0.360. The van der Waals surface area contributed by atoms with E-state index in [9.17, 15) is 22.4 Å². The molecule has 0 saturated heterocycles. The lowest BCUT2D eigenvalue weighted by molar-refractivity contribution is -0.139. The van der Waals surface area contributed by atoms with Gasteiger partial charge >= 0.3 is 0 Å². The third-order valence-corrected chi connectivity index (χ3v) is 7.97. The number of aryl methyl sites for hydroxylation is 1. The summed E-state index contributed by atoms with van der Waals surface area (Å²) in [5.74, 6) is -1.15. The van der Waals surface area contributed by atoms with E-state index in [2.05, 4.69) is 5.32 Å². The summed E-state index contributed by atoms with van der Waals surface area (Å²) < 4.78 is 47.8. The number of sulfonamides is 1. The molecule has 208 valence electrons. The van der Waals surface area contributed by atoms with Gasteiger partial charge in [-0.05, 0) is 67.8 Å². The van der Waals surface area contributed by atoms with Crippen molar-refractivity contribution in [3.8, 4) is 5.75 Å². The fraction of sp³-hybridized carbons (Fsp3) is 0.310.